The number of hydrogen-bond donors (Lipinski definition) is 2. The first kappa shape index (κ1) is 27.8. The largest absolute Gasteiger partial charge is 0.418 e. The van der Waals surface area contributed by atoms with Crippen molar-refractivity contribution >= 4 is 40.0 Å². The van der Waals surface area contributed by atoms with Crippen LogP contribution in [0.1, 0.15) is 21.7 Å². The number of rotatable bonds is 8. The van der Waals surface area contributed by atoms with E-state index in [1.54, 1.807) is 16.7 Å². The van der Waals surface area contributed by atoms with Gasteiger partial charge in [-0.1, -0.05) is 60.3 Å². The summed E-state index contributed by atoms with van der Waals surface area (Å²) in [7, 11) is 0. The molecule has 0 aliphatic carbocycles. The Hall–Kier alpha value is -4.71. The molecule has 2 amide bonds. The molecule has 12 heteroatoms. The molecule has 0 radical (unpaired) electrons. The van der Waals surface area contributed by atoms with Crippen molar-refractivity contribution in [3.8, 4) is 5.69 Å². The van der Waals surface area contributed by atoms with Gasteiger partial charge >= 0.3 is 6.18 Å². The fourth-order valence-electron chi connectivity index (χ4n) is 4.19. The fourth-order valence-corrected chi connectivity index (χ4v) is 4.96. The van der Waals surface area contributed by atoms with Gasteiger partial charge in [0.05, 0.1) is 23.5 Å². The summed E-state index contributed by atoms with van der Waals surface area (Å²) in [5, 5.41) is 15.3. The van der Waals surface area contributed by atoms with Gasteiger partial charge in [-0.15, -0.1) is 10.2 Å². The molecule has 1 heterocycles. The average molecular weight is 580 g/mol. The van der Waals surface area contributed by atoms with E-state index in [0.29, 0.717) is 17.1 Å². The van der Waals surface area contributed by atoms with Crippen LogP contribution in [0.2, 0.25) is 0 Å². The summed E-state index contributed by atoms with van der Waals surface area (Å²) in [4.78, 5) is 25.6. The molecular weight excluding hydrogens is 558 g/mol. The van der Waals surface area contributed by atoms with Crippen LogP contribution >= 0.6 is 11.8 Å². The van der Waals surface area contributed by atoms with Crippen LogP contribution in [0.5, 0.6) is 0 Å². The molecule has 0 fully saturated rings. The van der Waals surface area contributed by atoms with E-state index >= 15 is 0 Å². The average Bonchev–Trinajstić information content (AvgIpc) is 3.37. The molecule has 41 heavy (non-hydrogen) atoms. The smallest absolute Gasteiger partial charge is 0.345 e. The third-order valence-corrected chi connectivity index (χ3v) is 6.99. The maximum Gasteiger partial charge on any atom is 0.418 e. The Morgan fingerprint density at radius 1 is 0.854 bits per heavy atom. The van der Waals surface area contributed by atoms with E-state index in [-0.39, 0.29) is 29.0 Å². The van der Waals surface area contributed by atoms with E-state index in [2.05, 4.69) is 20.8 Å². The topological polar surface area (TPSA) is 88.9 Å². The zero-order valence-corrected chi connectivity index (χ0v) is 22.0. The number of para-hydroxylation sites is 1. The van der Waals surface area contributed by atoms with Gasteiger partial charge in [0.1, 0.15) is 5.82 Å². The van der Waals surface area contributed by atoms with Gasteiger partial charge in [-0.3, -0.25) is 14.2 Å². The number of carbonyl (C=O) groups excluding carboxylic acids is 2. The summed E-state index contributed by atoms with van der Waals surface area (Å²) in [6, 6.07) is 23.0. The molecule has 0 atom stereocenters. The number of thioether (sulfide) groups is 1. The first-order valence-electron chi connectivity index (χ1n) is 12.3. The lowest BCUT2D eigenvalue weighted by Crippen LogP contribution is -2.25. The molecular formula is C29H21F4N5O2S. The third kappa shape index (κ3) is 6.38. The predicted octanol–water partition coefficient (Wildman–Crippen LogP) is 6.24. The van der Waals surface area contributed by atoms with Gasteiger partial charge in [0.25, 0.3) is 5.91 Å². The molecule has 0 aliphatic heterocycles. The number of fused-ring (bicyclic) bond motifs is 1. The van der Waals surface area contributed by atoms with Crippen LogP contribution in [0.15, 0.2) is 96.2 Å². The molecule has 7 nitrogen and oxygen atoms in total. The lowest BCUT2D eigenvalue weighted by molar-refractivity contribution is -0.137. The highest BCUT2D eigenvalue weighted by Crippen LogP contribution is 2.34. The van der Waals surface area contributed by atoms with Crippen molar-refractivity contribution < 1.29 is 27.2 Å². The van der Waals surface area contributed by atoms with Crippen molar-refractivity contribution in [3.63, 3.8) is 0 Å². The Labute approximate surface area is 235 Å². The number of anilines is 1. The Kier molecular flexibility index (Phi) is 8.02. The van der Waals surface area contributed by atoms with E-state index < -0.39 is 23.5 Å². The second kappa shape index (κ2) is 11.8. The van der Waals surface area contributed by atoms with Gasteiger partial charge in [-0.25, -0.2) is 4.39 Å². The first-order chi connectivity index (χ1) is 19.7. The fraction of sp³-hybridized carbons (Fsp3) is 0.103. The summed E-state index contributed by atoms with van der Waals surface area (Å²) in [6.45, 7) is -0.0435. The van der Waals surface area contributed by atoms with Gasteiger partial charge < -0.3 is 10.6 Å². The molecule has 5 aromatic rings. The number of alkyl halides is 3. The number of benzene rings is 4. The monoisotopic (exact) mass is 579 g/mol. The summed E-state index contributed by atoms with van der Waals surface area (Å²) < 4.78 is 55.1. The highest BCUT2D eigenvalue weighted by molar-refractivity contribution is 7.99. The molecule has 208 valence electrons. The van der Waals surface area contributed by atoms with Crippen molar-refractivity contribution in [2.75, 3.05) is 11.1 Å². The second-order valence-electron chi connectivity index (χ2n) is 8.80. The Bertz CT molecular complexity index is 1720. The van der Waals surface area contributed by atoms with E-state index in [9.17, 15) is 27.2 Å². The summed E-state index contributed by atoms with van der Waals surface area (Å²) >= 11 is 0.930. The van der Waals surface area contributed by atoms with E-state index in [1.807, 2.05) is 30.3 Å². The summed E-state index contributed by atoms with van der Waals surface area (Å²) in [5.74, 6) is -1.48. The Balaban J connectivity index is 1.35. The SMILES string of the molecule is O=C(CSc1nnc(CNC(=O)c2cccc3ccccc23)n1-c1ccc(F)cc1)Nc1ccccc1C(F)(F)F. The van der Waals surface area contributed by atoms with Crippen LogP contribution in [-0.4, -0.2) is 32.3 Å². The first-order valence-corrected chi connectivity index (χ1v) is 13.2. The van der Waals surface area contributed by atoms with Gasteiger partial charge in [-0.05, 0) is 53.2 Å². The van der Waals surface area contributed by atoms with Crippen molar-refractivity contribution in [1.29, 1.82) is 0 Å². The molecule has 4 aromatic carbocycles. The molecule has 5 rings (SSSR count). The molecule has 1 aromatic heterocycles. The maximum atomic E-state index is 13.6. The van der Waals surface area contributed by atoms with Crippen molar-refractivity contribution in [2.45, 2.75) is 17.9 Å². The minimum Gasteiger partial charge on any atom is -0.345 e. The van der Waals surface area contributed by atoms with Gasteiger partial charge in [0.2, 0.25) is 5.91 Å². The maximum absolute atomic E-state index is 13.6. The second-order valence-corrected chi connectivity index (χ2v) is 9.74. The van der Waals surface area contributed by atoms with Crippen LogP contribution < -0.4 is 10.6 Å². The molecule has 0 saturated heterocycles. The number of hydrogen-bond acceptors (Lipinski definition) is 5. The zero-order chi connectivity index (χ0) is 29.0. The summed E-state index contributed by atoms with van der Waals surface area (Å²) in [6.07, 6.45) is -4.63. The van der Waals surface area contributed by atoms with Crippen LogP contribution in [0.25, 0.3) is 16.5 Å². The van der Waals surface area contributed by atoms with Crippen LogP contribution in [0.4, 0.5) is 23.2 Å². The molecule has 0 saturated carbocycles. The summed E-state index contributed by atoms with van der Waals surface area (Å²) in [5.41, 5.74) is -0.378. The number of nitrogens with zero attached hydrogens (tertiary/aromatic N) is 3. The van der Waals surface area contributed by atoms with Crippen LogP contribution in [0.3, 0.4) is 0 Å². The van der Waals surface area contributed by atoms with Gasteiger partial charge in [-0.2, -0.15) is 13.2 Å². The molecule has 0 spiro atoms. The quantitative estimate of drug-likeness (QED) is 0.168. The number of nitrogens with one attached hydrogen (secondary N) is 2. The normalized spacial score (nSPS) is 11.4. The predicted molar refractivity (Wildman–Crippen MR) is 147 cm³/mol. The number of amides is 2. The van der Waals surface area contributed by atoms with Crippen molar-refractivity contribution in [3.05, 3.63) is 114 Å². The number of halogens is 4. The molecule has 0 bridgehead atoms. The van der Waals surface area contributed by atoms with Crippen molar-refractivity contribution in [1.82, 2.24) is 20.1 Å². The Morgan fingerprint density at radius 3 is 2.34 bits per heavy atom. The minimum absolute atomic E-state index is 0.0435. The van der Waals surface area contributed by atoms with Gasteiger partial charge in [0, 0.05) is 11.3 Å². The molecule has 0 unspecified atom stereocenters. The lowest BCUT2D eigenvalue weighted by atomic mass is 10.0. The van der Waals surface area contributed by atoms with E-state index in [0.717, 1.165) is 28.6 Å². The zero-order valence-electron chi connectivity index (χ0n) is 21.2. The third-order valence-electron chi connectivity index (χ3n) is 6.07. The minimum atomic E-state index is -4.63. The van der Waals surface area contributed by atoms with E-state index in [4.69, 9.17) is 0 Å². The van der Waals surface area contributed by atoms with Crippen molar-refractivity contribution in [2.24, 2.45) is 0 Å². The molecule has 2 N–H and O–H groups in total. The number of carbonyl (C=O) groups is 2. The lowest BCUT2D eigenvalue weighted by Gasteiger charge is -2.14. The van der Waals surface area contributed by atoms with E-state index in [1.165, 1.54) is 42.5 Å². The van der Waals surface area contributed by atoms with Crippen LogP contribution in [0, 0.1) is 5.82 Å². The van der Waals surface area contributed by atoms with Gasteiger partial charge in [0.15, 0.2) is 11.0 Å². The number of aromatic nitrogens is 3. The standard InChI is InChI=1S/C29H21F4N5O2S/c30-19-12-14-20(15-13-19)38-25(16-34-27(40)22-9-5-7-18-6-1-2-8-21(18)22)36-37-28(38)41-17-26(39)35-24-11-4-3-10-23(24)29(31,32)33/h1-15H,16-17H2,(H,34,40)(H,35,39). The molecule has 0 aliphatic rings. The highest BCUT2D eigenvalue weighted by atomic mass is 32.2. The van der Waals surface area contributed by atoms with Crippen LogP contribution in [-0.2, 0) is 17.5 Å². The Morgan fingerprint density at radius 2 is 1.56 bits per heavy atom. The highest BCUT2D eigenvalue weighted by Gasteiger charge is 2.33.